The van der Waals surface area contributed by atoms with Crippen LogP contribution in [0.3, 0.4) is 0 Å². The van der Waals surface area contributed by atoms with Crippen molar-refractivity contribution in [2.45, 2.75) is 17.4 Å². The van der Waals surface area contributed by atoms with E-state index in [1.54, 1.807) is 17.8 Å². The molecule has 1 nitrogen and oxygen atoms in total. The molecule has 1 atom stereocenters. The van der Waals surface area contributed by atoms with E-state index in [-0.39, 0.29) is 11.9 Å². The predicted octanol–water partition coefficient (Wildman–Crippen LogP) is 5.06. The molecule has 0 spiro atoms. The van der Waals surface area contributed by atoms with Gasteiger partial charge in [-0.05, 0) is 49.4 Å². The molecular formula is C16H16Cl2FNS. The molecule has 0 heterocycles. The summed E-state index contributed by atoms with van der Waals surface area (Å²) in [7, 11) is 1.92. The molecule has 0 aromatic heterocycles. The second-order valence-corrected chi connectivity index (χ2v) is 6.63. The van der Waals surface area contributed by atoms with E-state index in [9.17, 15) is 4.39 Å². The molecule has 2 aromatic carbocycles. The van der Waals surface area contributed by atoms with Crippen LogP contribution in [-0.2, 0) is 6.42 Å². The van der Waals surface area contributed by atoms with Crippen LogP contribution in [0.25, 0.3) is 0 Å². The first kappa shape index (κ1) is 16.6. The van der Waals surface area contributed by atoms with Crippen LogP contribution in [0.2, 0.25) is 10.0 Å². The van der Waals surface area contributed by atoms with Crippen LogP contribution in [0, 0.1) is 5.82 Å². The van der Waals surface area contributed by atoms with Crippen LogP contribution in [0.4, 0.5) is 4.39 Å². The van der Waals surface area contributed by atoms with E-state index in [0.29, 0.717) is 5.02 Å². The summed E-state index contributed by atoms with van der Waals surface area (Å²) in [6.07, 6.45) is 0.753. The zero-order valence-electron chi connectivity index (χ0n) is 11.6. The zero-order valence-corrected chi connectivity index (χ0v) is 13.9. The predicted molar refractivity (Wildman–Crippen MR) is 90.1 cm³/mol. The van der Waals surface area contributed by atoms with Gasteiger partial charge in [0.05, 0.1) is 0 Å². The van der Waals surface area contributed by atoms with E-state index < -0.39 is 0 Å². The highest BCUT2D eigenvalue weighted by molar-refractivity contribution is 7.99. The lowest BCUT2D eigenvalue weighted by Crippen LogP contribution is -2.30. The molecule has 0 saturated heterocycles. The average Bonchev–Trinajstić information content (AvgIpc) is 2.45. The lowest BCUT2D eigenvalue weighted by Gasteiger charge is -2.17. The van der Waals surface area contributed by atoms with Gasteiger partial charge < -0.3 is 5.32 Å². The minimum Gasteiger partial charge on any atom is -0.316 e. The van der Waals surface area contributed by atoms with Crippen molar-refractivity contribution in [3.63, 3.8) is 0 Å². The van der Waals surface area contributed by atoms with Crippen molar-refractivity contribution in [1.29, 1.82) is 0 Å². The van der Waals surface area contributed by atoms with E-state index in [1.165, 1.54) is 12.1 Å². The molecule has 21 heavy (non-hydrogen) atoms. The standard InChI is InChI=1S/C16H16Cl2FNS/c1-20-14(7-11-5-6-13(19)9-16(11)18)10-21-15-4-2-3-12(17)8-15/h2-6,8-9,14,20H,7,10H2,1H3. The van der Waals surface area contributed by atoms with Gasteiger partial charge in [-0.2, -0.15) is 0 Å². The zero-order chi connectivity index (χ0) is 15.2. The monoisotopic (exact) mass is 343 g/mol. The van der Waals surface area contributed by atoms with Gasteiger partial charge in [-0.25, -0.2) is 4.39 Å². The molecule has 0 aliphatic carbocycles. The molecule has 112 valence electrons. The number of hydrogen-bond acceptors (Lipinski definition) is 2. The van der Waals surface area contributed by atoms with Crippen molar-refractivity contribution in [3.05, 3.63) is 63.9 Å². The highest BCUT2D eigenvalue weighted by atomic mass is 35.5. The Bertz CT molecular complexity index is 607. The Hall–Kier alpha value is -0.740. The molecule has 0 saturated carbocycles. The van der Waals surface area contributed by atoms with Gasteiger partial charge in [-0.3, -0.25) is 0 Å². The van der Waals surface area contributed by atoms with E-state index in [1.807, 2.05) is 31.3 Å². The molecule has 5 heteroatoms. The normalized spacial score (nSPS) is 12.4. The lowest BCUT2D eigenvalue weighted by atomic mass is 10.1. The Balaban J connectivity index is 1.97. The number of nitrogens with one attached hydrogen (secondary N) is 1. The summed E-state index contributed by atoms with van der Waals surface area (Å²) in [5.74, 6) is 0.572. The van der Waals surface area contributed by atoms with Crippen LogP contribution < -0.4 is 5.32 Å². The summed E-state index contributed by atoms with van der Waals surface area (Å²) in [5, 5.41) is 4.48. The molecule has 1 unspecified atom stereocenters. The molecule has 0 aliphatic rings. The molecule has 1 N–H and O–H groups in total. The fourth-order valence-corrected chi connectivity index (χ4v) is 3.51. The summed E-state index contributed by atoms with van der Waals surface area (Å²) >= 11 is 13.8. The van der Waals surface area contributed by atoms with Crippen LogP contribution in [-0.4, -0.2) is 18.8 Å². The van der Waals surface area contributed by atoms with Gasteiger partial charge in [0.25, 0.3) is 0 Å². The third-order valence-electron chi connectivity index (χ3n) is 3.14. The SMILES string of the molecule is CNC(CSc1cccc(Cl)c1)Cc1ccc(F)cc1Cl. The maximum atomic E-state index is 13.1. The molecule has 2 aromatic rings. The number of halogens is 3. The van der Waals surface area contributed by atoms with Gasteiger partial charge in [0, 0.05) is 26.7 Å². The van der Waals surface area contributed by atoms with Crippen molar-refractivity contribution >= 4 is 35.0 Å². The Morgan fingerprint density at radius 3 is 2.67 bits per heavy atom. The number of hydrogen-bond donors (Lipinski definition) is 1. The topological polar surface area (TPSA) is 12.0 Å². The van der Waals surface area contributed by atoms with Gasteiger partial charge in [-0.1, -0.05) is 35.3 Å². The summed E-state index contributed by atoms with van der Waals surface area (Å²) in [6, 6.07) is 12.6. The molecule has 0 amide bonds. The number of thioether (sulfide) groups is 1. The number of rotatable bonds is 6. The van der Waals surface area contributed by atoms with Gasteiger partial charge in [0.2, 0.25) is 0 Å². The van der Waals surface area contributed by atoms with Gasteiger partial charge in [0.15, 0.2) is 0 Å². The first-order valence-corrected chi connectivity index (χ1v) is 8.32. The quantitative estimate of drug-likeness (QED) is 0.736. The van der Waals surface area contributed by atoms with E-state index in [2.05, 4.69) is 5.32 Å². The van der Waals surface area contributed by atoms with Crippen LogP contribution in [0.5, 0.6) is 0 Å². The average molecular weight is 344 g/mol. The number of likely N-dealkylation sites (N-methyl/N-ethyl adjacent to an activating group) is 1. The second-order valence-electron chi connectivity index (χ2n) is 4.69. The Morgan fingerprint density at radius 1 is 1.19 bits per heavy atom. The van der Waals surface area contributed by atoms with E-state index in [4.69, 9.17) is 23.2 Å². The molecule has 0 radical (unpaired) electrons. The Labute approximate surface area is 138 Å². The van der Waals surface area contributed by atoms with E-state index in [0.717, 1.165) is 27.7 Å². The van der Waals surface area contributed by atoms with Crippen molar-refractivity contribution < 1.29 is 4.39 Å². The minimum atomic E-state index is -0.307. The van der Waals surface area contributed by atoms with Crippen molar-refractivity contribution in [3.8, 4) is 0 Å². The van der Waals surface area contributed by atoms with Crippen LogP contribution in [0.1, 0.15) is 5.56 Å². The molecular weight excluding hydrogens is 328 g/mol. The smallest absolute Gasteiger partial charge is 0.124 e. The number of benzene rings is 2. The molecule has 0 fully saturated rings. The first-order valence-electron chi connectivity index (χ1n) is 6.58. The van der Waals surface area contributed by atoms with Crippen LogP contribution in [0.15, 0.2) is 47.4 Å². The molecule has 2 rings (SSSR count). The van der Waals surface area contributed by atoms with Crippen molar-refractivity contribution in [2.24, 2.45) is 0 Å². The van der Waals surface area contributed by atoms with Gasteiger partial charge in [-0.15, -0.1) is 11.8 Å². The summed E-state index contributed by atoms with van der Waals surface area (Å²) < 4.78 is 13.1. The van der Waals surface area contributed by atoms with Crippen LogP contribution >= 0.6 is 35.0 Å². The Kier molecular flexibility index (Phi) is 6.37. The summed E-state index contributed by atoms with van der Waals surface area (Å²) in [6.45, 7) is 0. The lowest BCUT2D eigenvalue weighted by molar-refractivity contribution is 0.610. The third kappa shape index (κ3) is 5.19. The van der Waals surface area contributed by atoms with Gasteiger partial charge >= 0.3 is 0 Å². The summed E-state index contributed by atoms with van der Waals surface area (Å²) in [5.41, 5.74) is 0.948. The summed E-state index contributed by atoms with van der Waals surface area (Å²) in [4.78, 5) is 1.13. The largest absolute Gasteiger partial charge is 0.316 e. The highest BCUT2D eigenvalue weighted by Gasteiger charge is 2.11. The maximum absolute atomic E-state index is 13.1. The minimum absolute atomic E-state index is 0.247. The highest BCUT2D eigenvalue weighted by Crippen LogP contribution is 2.24. The maximum Gasteiger partial charge on any atom is 0.124 e. The fourth-order valence-electron chi connectivity index (χ4n) is 1.95. The molecule has 0 aliphatic heterocycles. The second kappa shape index (κ2) is 8.04. The van der Waals surface area contributed by atoms with E-state index >= 15 is 0 Å². The van der Waals surface area contributed by atoms with Crippen molar-refractivity contribution in [1.82, 2.24) is 5.32 Å². The fraction of sp³-hybridized carbons (Fsp3) is 0.250. The molecule has 0 bridgehead atoms. The third-order valence-corrected chi connectivity index (χ3v) is 4.88. The van der Waals surface area contributed by atoms with Gasteiger partial charge in [0.1, 0.15) is 5.82 Å². The Morgan fingerprint density at radius 2 is 2.00 bits per heavy atom. The first-order chi connectivity index (χ1) is 10.1. The van der Waals surface area contributed by atoms with Crippen molar-refractivity contribution in [2.75, 3.05) is 12.8 Å².